The zero-order valence-electron chi connectivity index (χ0n) is 10.2. The van der Waals surface area contributed by atoms with Crippen molar-refractivity contribution in [1.82, 2.24) is 10.2 Å². The van der Waals surface area contributed by atoms with Gasteiger partial charge in [0, 0.05) is 11.3 Å². The molecule has 0 atom stereocenters. The second kappa shape index (κ2) is 5.40. The van der Waals surface area contributed by atoms with E-state index in [1.807, 2.05) is 29.6 Å². The number of rotatable bonds is 3. The summed E-state index contributed by atoms with van der Waals surface area (Å²) in [6.45, 7) is 0. The lowest BCUT2D eigenvalue weighted by Crippen LogP contribution is -2.09. The highest BCUT2D eigenvalue weighted by molar-refractivity contribution is 7.18. The van der Waals surface area contributed by atoms with Crippen LogP contribution < -0.4 is 11.1 Å². The summed E-state index contributed by atoms with van der Waals surface area (Å²) < 4.78 is 0. The van der Waals surface area contributed by atoms with Gasteiger partial charge < -0.3 is 5.73 Å². The van der Waals surface area contributed by atoms with Crippen LogP contribution in [0, 0.1) is 0 Å². The van der Waals surface area contributed by atoms with Crippen LogP contribution in [0.15, 0.2) is 41.8 Å². The number of anilines is 2. The Hall–Kier alpha value is -2.25. The molecule has 0 radical (unpaired) electrons. The maximum atomic E-state index is 11.9. The average molecular weight is 302 g/mol. The quantitative estimate of drug-likeness (QED) is 0.728. The molecule has 20 heavy (non-hydrogen) atoms. The first kappa shape index (κ1) is 12.8. The van der Waals surface area contributed by atoms with E-state index in [2.05, 4.69) is 15.5 Å². The zero-order valence-corrected chi connectivity index (χ0v) is 11.9. The predicted molar refractivity (Wildman–Crippen MR) is 82.0 cm³/mol. The van der Waals surface area contributed by atoms with Gasteiger partial charge in [0.15, 0.2) is 5.01 Å². The molecule has 100 valence electrons. The zero-order chi connectivity index (χ0) is 13.9. The third-order valence-corrected chi connectivity index (χ3v) is 4.32. The maximum absolute atomic E-state index is 11.9. The summed E-state index contributed by atoms with van der Waals surface area (Å²) in [5.74, 6) is -0.177. The van der Waals surface area contributed by atoms with Crippen LogP contribution in [0.3, 0.4) is 0 Å². The highest BCUT2D eigenvalue weighted by atomic mass is 32.1. The number of hydrogen-bond acceptors (Lipinski definition) is 6. The van der Waals surface area contributed by atoms with E-state index >= 15 is 0 Å². The van der Waals surface area contributed by atoms with E-state index in [4.69, 9.17) is 5.73 Å². The Labute approximate surface area is 123 Å². The number of benzene rings is 1. The van der Waals surface area contributed by atoms with Crippen molar-refractivity contribution >= 4 is 39.4 Å². The number of carbonyl (C=O) groups is 1. The molecule has 0 fully saturated rings. The number of nitrogens with one attached hydrogen (secondary N) is 1. The third-order valence-electron chi connectivity index (χ3n) is 2.58. The molecule has 0 unspecified atom stereocenters. The van der Waals surface area contributed by atoms with Gasteiger partial charge in [-0.15, -0.1) is 21.5 Å². The Bertz CT molecular complexity index is 736. The fourth-order valence-corrected chi connectivity index (χ4v) is 3.05. The molecule has 3 rings (SSSR count). The van der Waals surface area contributed by atoms with Crippen LogP contribution in [-0.4, -0.2) is 16.1 Å². The summed E-state index contributed by atoms with van der Waals surface area (Å²) in [7, 11) is 0. The van der Waals surface area contributed by atoms with Crippen molar-refractivity contribution in [3.8, 4) is 10.6 Å². The van der Waals surface area contributed by atoms with Gasteiger partial charge in [-0.1, -0.05) is 29.5 Å². The molecule has 3 N–H and O–H groups in total. The number of nitrogens with zero attached hydrogens (tertiary/aromatic N) is 2. The Morgan fingerprint density at radius 3 is 2.75 bits per heavy atom. The predicted octanol–water partition coefficient (Wildman–Crippen LogP) is 3.10. The molecule has 5 nitrogen and oxygen atoms in total. The highest BCUT2D eigenvalue weighted by Crippen LogP contribution is 2.30. The number of nitrogen functional groups attached to an aromatic ring is 1. The minimum absolute atomic E-state index is 0.177. The van der Waals surface area contributed by atoms with Crippen LogP contribution in [0.5, 0.6) is 0 Å². The molecule has 0 aliphatic carbocycles. The standard InChI is InChI=1S/C13H10N4OS2/c14-9-5-2-1-4-8(9)12-16-17-13(20-12)15-11(18)10-6-3-7-19-10/h1-7H,14H2,(H,15,17,18). The lowest BCUT2D eigenvalue weighted by atomic mass is 10.2. The first-order valence-corrected chi connectivity index (χ1v) is 7.47. The van der Waals surface area contributed by atoms with Crippen molar-refractivity contribution in [3.05, 3.63) is 46.7 Å². The molecular weight excluding hydrogens is 292 g/mol. The van der Waals surface area contributed by atoms with Crippen molar-refractivity contribution in [2.45, 2.75) is 0 Å². The van der Waals surface area contributed by atoms with Gasteiger partial charge in [0.2, 0.25) is 5.13 Å². The SMILES string of the molecule is Nc1ccccc1-c1nnc(NC(=O)c2cccs2)s1. The molecule has 0 aliphatic heterocycles. The summed E-state index contributed by atoms with van der Waals surface area (Å²) in [6, 6.07) is 11.0. The van der Waals surface area contributed by atoms with E-state index in [0.29, 0.717) is 20.7 Å². The largest absolute Gasteiger partial charge is 0.398 e. The van der Waals surface area contributed by atoms with Crippen molar-refractivity contribution < 1.29 is 4.79 Å². The number of aromatic nitrogens is 2. The van der Waals surface area contributed by atoms with E-state index in [0.717, 1.165) is 5.56 Å². The number of carbonyl (C=O) groups excluding carboxylic acids is 1. The third kappa shape index (κ3) is 2.54. The first-order chi connectivity index (χ1) is 9.74. The Kier molecular flexibility index (Phi) is 3.44. The van der Waals surface area contributed by atoms with Crippen LogP contribution in [0.4, 0.5) is 10.8 Å². The van der Waals surface area contributed by atoms with Crippen molar-refractivity contribution in [3.63, 3.8) is 0 Å². The molecule has 3 aromatic rings. The van der Waals surface area contributed by atoms with Gasteiger partial charge in [-0.25, -0.2) is 0 Å². The van der Waals surface area contributed by atoms with E-state index < -0.39 is 0 Å². The van der Waals surface area contributed by atoms with Crippen LogP contribution in [0.25, 0.3) is 10.6 Å². The van der Waals surface area contributed by atoms with Crippen LogP contribution in [-0.2, 0) is 0 Å². The molecule has 1 aromatic carbocycles. The molecule has 0 bridgehead atoms. The summed E-state index contributed by atoms with van der Waals surface area (Å²) in [4.78, 5) is 12.5. The maximum Gasteiger partial charge on any atom is 0.267 e. The van der Waals surface area contributed by atoms with Crippen molar-refractivity contribution in [1.29, 1.82) is 0 Å². The monoisotopic (exact) mass is 302 g/mol. The van der Waals surface area contributed by atoms with Gasteiger partial charge in [-0.2, -0.15) is 0 Å². The minimum atomic E-state index is -0.177. The Balaban J connectivity index is 1.81. The average Bonchev–Trinajstić information content (AvgIpc) is 3.10. The van der Waals surface area contributed by atoms with Crippen LogP contribution in [0.2, 0.25) is 0 Å². The fraction of sp³-hybridized carbons (Fsp3) is 0. The summed E-state index contributed by atoms with van der Waals surface area (Å²) in [5.41, 5.74) is 7.35. The number of nitrogens with two attached hydrogens (primary N) is 1. The van der Waals surface area contributed by atoms with E-state index in [-0.39, 0.29) is 5.91 Å². The Morgan fingerprint density at radius 2 is 2.00 bits per heavy atom. The first-order valence-electron chi connectivity index (χ1n) is 5.77. The number of amides is 1. The van der Waals surface area contributed by atoms with E-state index in [9.17, 15) is 4.79 Å². The molecular formula is C13H10N4OS2. The van der Waals surface area contributed by atoms with Gasteiger partial charge in [0.05, 0.1) is 4.88 Å². The second-order valence-corrected chi connectivity index (χ2v) is 5.86. The van der Waals surface area contributed by atoms with Crippen molar-refractivity contribution in [2.24, 2.45) is 0 Å². The number of thiophene rings is 1. The number of para-hydroxylation sites is 1. The lowest BCUT2D eigenvalue weighted by molar-refractivity contribution is 0.103. The van der Waals surface area contributed by atoms with E-state index in [1.165, 1.54) is 22.7 Å². The molecule has 2 heterocycles. The molecule has 7 heteroatoms. The van der Waals surface area contributed by atoms with Gasteiger partial charge in [0.25, 0.3) is 5.91 Å². The molecule has 0 saturated heterocycles. The topological polar surface area (TPSA) is 80.9 Å². The molecule has 2 aromatic heterocycles. The molecule has 0 spiro atoms. The normalized spacial score (nSPS) is 10.4. The van der Waals surface area contributed by atoms with Gasteiger partial charge >= 0.3 is 0 Å². The fourth-order valence-electron chi connectivity index (χ4n) is 1.64. The van der Waals surface area contributed by atoms with Gasteiger partial charge in [0.1, 0.15) is 0 Å². The molecule has 0 aliphatic rings. The second-order valence-electron chi connectivity index (χ2n) is 3.93. The van der Waals surface area contributed by atoms with Gasteiger partial charge in [-0.3, -0.25) is 10.1 Å². The summed E-state index contributed by atoms with van der Waals surface area (Å²) >= 11 is 2.68. The Morgan fingerprint density at radius 1 is 1.15 bits per heavy atom. The molecule has 1 amide bonds. The lowest BCUT2D eigenvalue weighted by Gasteiger charge is -1.99. The smallest absolute Gasteiger partial charge is 0.267 e. The van der Waals surface area contributed by atoms with Crippen LogP contribution in [0.1, 0.15) is 9.67 Å². The van der Waals surface area contributed by atoms with Crippen LogP contribution >= 0.6 is 22.7 Å². The van der Waals surface area contributed by atoms with Gasteiger partial charge in [-0.05, 0) is 23.6 Å². The minimum Gasteiger partial charge on any atom is -0.398 e. The highest BCUT2D eigenvalue weighted by Gasteiger charge is 2.12. The summed E-state index contributed by atoms with van der Waals surface area (Å²) in [5, 5.41) is 13.8. The summed E-state index contributed by atoms with van der Waals surface area (Å²) in [6.07, 6.45) is 0. The molecule has 0 saturated carbocycles. The number of hydrogen-bond donors (Lipinski definition) is 2. The van der Waals surface area contributed by atoms with E-state index in [1.54, 1.807) is 12.1 Å². The van der Waals surface area contributed by atoms with Crippen molar-refractivity contribution in [2.75, 3.05) is 11.1 Å².